The van der Waals surface area contributed by atoms with Crippen LogP contribution in [0.1, 0.15) is 34.1 Å². The lowest BCUT2D eigenvalue weighted by atomic mass is 10.0. The number of amides is 1. The van der Waals surface area contributed by atoms with Crippen LogP contribution in [0, 0.1) is 0 Å². The fourth-order valence-corrected chi connectivity index (χ4v) is 3.11. The van der Waals surface area contributed by atoms with Gasteiger partial charge in [-0.25, -0.2) is 0 Å². The Labute approximate surface area is 137 Å². The summed E-state index contributed by atoms with van der Waals surface area (Å²) in [4.78, 5) is 14.2. The predicted octanol–water partition coefficient (Wildman–Crippen LogP) is 2.99. The zero-order valence-corrected chi connectivity index (χ0v) is 13.0. The van der Waals surface area contributed by atoms with Crippen LogP contribution in [-0.4, -0.2) is 33.1 Å². The molecule has 1 amide bonds. The van der Waals surface area contributed by atoms with Crippen LogP contribution in [0.4, 0.5) is 13.2 Å². The van der Waals surface area contributed by atoms with E-state index >= 15 is 0 Å². The third kappa shape index (κ3) is 3.03. The Kier molecular flexibility index (Phi) is 4.13. The first-order valence-corrected chi connectivity index (χ1v) is 7.55. The molecule has 0 spiro atoms. The molecule has 1 saturated heterocycles. The Morgan fingerprint density at radius 3 is 2.62 bits per heavy atom. The van der Waals surface area contributed by atoms with Gasteiger partial charge in [-0.15, -0.1) is 0 Å². The number of aromatic nitrogens is 1. The van der Waals surface area contributed by atoms with E-state index in [-0.39, 0.29) is 18.9 Å². The molecule has 0 aliphatic carbocycles. The summed E-state index contributed by atoms with van der Waals surface area (Å²) in [7, 11) is 1.72. The Morgan fingerprint density at radius 1 is 1.25 bits per heavy atom. The maximum Gasteiger partial charge on any atom is 0.416 e. The van der Waals surface area contributed by atoms with Crippen molar-refractivity contribution in [3.05, 3.63) is 59.4 Å². The van der Waals surface area contributed by atoms with Gasteiger partial charge in [-0.05, 0) is 36.2 Å². The van der Waals surface area contributed by atoms with Gasteiger partial charge >= 0.3 is 6.18 Å². The van der Waals surface area contributed by atoms with E-state index in [0.29, 0.717) is 11.3 Å². The number of benzene rings is 1. The zero-order chi connectivity index (χ0) is 17.5. The van der Waals surface area contributed by atoms with Crippen molar-refractivity contribution in [2.75, 3.05) is 6.54 Å². The number of aliphatic hydroxyl groups excluding tert-OH is 1. The van der Waals surface area contributed by atoms with E-state index in [1.807, 2.05) is 0 Å². The van der Waals surface area contributed by atoms with Gasteiger partial charge in [0.05, 0.1) is 17.7 Å². The molecular weight excluding hydrogens is 321 g/mol. The Morgan fingerprint density at radius 2 is 2.00 bits per heavy atom. The summed E-state index contributed by atoms with van der Waals surface area (Å²) < 4.78 is 40.4. The molecule has 2 heterocycles. The van der Waals surface area contributed by atoms with Crippen LogP contribution in [0.15, 0.2) is 42.6 Å². The third-order valence-corrected chi connectivity index (χ3v) is 4.30. The normalized spacial score (nSPS) is 21.3. The molecule has 7 heteroatoms. The van der Waals surface area contributed by atoms with Crippen LogP contribution in [0.5, 0.6) is 0 Å². The summed E-state index contributed by atoms with van der Waals surface area (Å²) in [5.74, 6) is -0.304. The van der Waals surface area contributed by atoms with Crippen LogP contribution in [0.25, 0.3) is 0 Å². The molecule has 4 nitrogen and oxygen atoms in total. The smallest absolute Gasteiger partial charge is 0.391 e. The minimum absolute atomic E-state index is 0.102. The van der Waals surface area contributed by atoms with E-state index in [9.17, 15) is 23.1 Å². The number of likely N-dealkylation sites (tertiary alicyclic amines) is 1. The monoisotopic (exact) mass is 338 g/mol. The van der Waals surface area contributed by atoms with Gasteiger partial charge in [0.25, 0.3) is 5.91 Å². The van der Waals surface area contributed by atoms with Gasteiger partial charge in [0.1, 0.15) is 5.69 Å². The lowest BCUT2D eigenvalue weighted by molar-refractivity contribution is -0.137. The average Bonchev–Trinajstić information content (AvgIpc) is 3.12. The number of hydrogen-bond acceptors (Lipinski definition) is 2. The topological polar surface area (TPSA) is 45.5 Å². The van der Waals surface area contributed by atoms with E-state index in [4.69, 9.17) is 0 Å². The lowest BCUT2D eigenvalue weighted by Crippen LogP contribution is -2.33. The molecule has 1 aliphatic rings. The third-order valence-electron chi connectivity index (χ3n) is 4.30. The molecule has 3 rings (SSSR count). The number of aryl methyl sites for hydroxylation is 1. The molecule has 0 unspecified atom stereocenters. The van der Waals surface area contributed by atoms with Gasteiger partial charge in [0, 0.05) is 19.8 Å². The maximum absolute atomic E-state index is 12.9. The van der Waals surface area contributed by atoms with Crippen molar-refractivity contribution in [3.63, 3.8) is 0 Å². The standard InChI is InChI=1S/C17H17F3N2O2/c1-21-7-3-6-14(21)16(24)22-10-13(23)9-15(22)11-4-2-5-12(8-11)17(18,19)20/h2-8,13,15,23H,9-10H2,1H3/t13-,15+/m0/s1. The number of hydrogen-bond donors (Lipinski definition) is 1. The van der Waals surface area contributed by atoms with Gasteiger partial charge in [-0.3, -0.25) is 4.79 Å². The van der Waals surface area contributed by atoms with Crippen LogP contribution >= 0.6 is 0 Å². The molecule has 1 fully saturated rings. The molecule has 0 saturated carbocycles. The van der Waals surface area contributed by atoms with Crippen molar-refractivity contribution in [3.8, 4) is 0 Å². The number of rotatable bonds is 2. The fourth-order valence-electron chi connectivity index (χ4n) is 3.11. The van der Waals surface area contributed by atoms with Gasteiger partial charge in [0.15, 0.2) is 0 Å². The van der Waals surface area contributed by atoms with E-state index in [0.717, 1.165) is 12.1 Å². The number of carbonyl (C=O) groups excluding carboxylic acids is 1. The molecule has 0 radical (unpaired) electrons. The molecule has 0 bridgehead atoms. The van der Waals surface area contributed by atoms with Crippen LogP contribution in [-0.2, 0) is 13.2 Å². The number of aliphatic hydroxyl groups is 1. The number of alkyl halides is 3. The summed E-state index contributed by atoms with van der Waals surface area (Å²) in [6, 6.07) is 7.73. The van der Waals surface area contributed by atoms with Crippen molar-refractivity contribution in [1.29, 1.82) is 0 Å². The second kappa shape index (κ2) is 5.98. The molecule has 1 aromatic heterocycles. The van der Waals surface area contributed by atoms with Gasteiger partial charge in [-0.1, -0.05) is 12.1 Å². The molecule has 1 aliphatic heterocycles. The quantitative estimate of drug-likeness (QED) is 0.915. The highest BCUT2D eigenvalue weighted by Gasteiger charge is 2.38. The molecular formula is C17H17F3N2O2. The molecule has 1 N–H and O–H groups in total. The van der Waals surface area contributed by atoms with Crippen molar-refractivity contribution in [2.45, 2.75) is 24.7 Å². The van der Waals surface area contributed by atoms with E-state index in [1.54, 1.807) is 36.0 Å². The van der Waals surface area contributed by atoms with Crippen molar-refractivity contribution in [2.24, 2.45) is 7.05 Å². The summed E-state index contributed by atoms with van der Waals surface area (Å²) >= 11 is 0. The van der Waals surface area contributed by atoms with Crippen LogP contribution < -0.4 is 0 Å². The second-order valence-corrected chi connectivity index (χ2v) is 5.99. The Bertz CT molecular complexity index is 754. The number of nitrogens with zero attached hydrogens (tertiary/aromatic N) is 2. The molecule has 128 valence electrons. The Balaban J connectivity index is 1.94. The highest BCUT2D eigenvalue weighted by Crippen LogP contribution is 2.36. The first kappa shape index (κ1) is 16.6. The zero-order valence-electron chi connectivity index (χ0n) is 13.0. The minimum Gasteiger partial charge on any atom is -0.391 e. The minimum atomic E-state index is -4.44. The Hall–Kier alpha value is -2.28. The van der Waals surface area contributed by atoms with Gasteiger partial charge in [0.2, 0.25) is 0 Å². The first-order valence-electron chi connectivity index (χ1n) is 7.55. The molecule has 24 heavy (non-hydrogen) atoms. The van der Waals surface area contributed by atoms with E-state index < -0.39 is 23.9 Å². The van der Waals surface area contributed by atoms with Crippen molar-refractivity contribution < 1.29 is 23.1 Å². The lowest BCUT2D eigenvalue weighted by Gasteiger charge is -2.25. The highest BCUT2D eigenvalue weighted by atomic mass is 19.4. The molecule has 1 aromatic carbocycles. The summed E-state index contributed by atoms with van der Waals surface area (Å²) in [6.07, 6.45) is -3.26. The molecule has 2 atom stereocenters. The van der Waals surface area contributed by atoms with Gasteiger partial charge in [-0.2, -0.15) is 13.2 Å². The maximum atomic E-state index is 12.9. The average molecular weight is 338 g/mol. The fraction of sp³-hybridized carbons (Fsp3) is 0.353. The van der Waals surface area contributed by atoms with Crippen LogP contribution in [0.3, 0.4) is 0 Å². The summed E-state index contributed by atoms with van der Waals surface area (Å²) in [5.41, 5.74) is 0.0534. The van der Waals surface area contributed by atoms with Crippen LogP contribution in [0.2, 0.25) is 0 Å². The SMILES string of the molecule is Cn1cccc1C(=O)N1C[C@@H](O)C[C@@H]1c1cccc(C(F)(F)F)c1. The van der Waals surface area contributed by atoms with Gasteiger partial charge < -0.3 is 14.6 Å². The van der Waals surface area contributed by atoms with E-state index in [1.165, 1.54) is 11.0 Å². The van der Waals surface area contributed by atoms with Crippen molar-refractivity contribution >= 4 is 5.91 Å². The predicted molar refractivity (Wildman–Crippen MR) is 81.3 cm³/mol. The summed E-state index contributed by atoms with van der Waals surface area (Å²) in [5, 5.41) is 9.95. The summed E-state index contributed by atoms with van der Waals surface area (Å²) in [6.45, 7) is 0.102. The largest absolute Gasteiger partial charge is 0.416 e. The first-order chi connectivity index (χ1) is 11.3. The van der Waals surface area contributed by atoms with Crippen molar-refractivity contribution in [1.82, 2.24) is 9.47 Å². The number of β-amino-alcohol motifs (C(OH)–C–C–N with tert-alkyl or cyclic N) is 1. The number of halogens is 3. The second-order valence-electron chi connectivity index (χ2n) is 5.99. The molecule has 2 aromatic rings. The number of carbonyl (C=O) groups is 1. The van der Waals surface area contributed by atoms with E-state index in [2.05, 4.69) is 0 Å². The highest BCUT2D eigenvalue weighted by molar-refractivity contribution is 5.93.